The molecule has 2 heterocycles. The monoisotopic (exact) mass is 512 g/mol. The summed E-state index contributed by atoms with van der Waals surface area (Å²) < 4.78 is 21.0. The Balaban J connectivity index is 1.23. The third kappa shape index (κ3) is 7.31. The fourth-order valence-corrected chi connectivity index (χ4v) is 4.70. The second-order valence-electron chi connectivity index (χ2n) is 9.85. The molecule has 1 saturated heterocycles. The Morgan fingerprint density at radius 1 is 1.17 bits per heavy atom. The van der Waals surface area contributed by atoms with E-state index < -0.39 is 0 Å². The maximum Gasteiger partial charge on any atom is 0.234 e. The second kappa shape index (κ2) is 12.4. The van der Waals surface area contributed by atoms with E-state index in [-0.39, 0.29) is 16.7 Å². The molecule has 36 heavy (non-hydrogen) atoms. The molecule has 1 aliphatic rings. The van der Waals surface area contributed by atoms with Crippen molar-refractivity contribution >= 4 is 17.5 Å². The van der Waals surface area contributed by atoms with Crippen LogP contribution in [0.2, 0.25) is 5.02 Å². The van der Waals surface area contributed by atoms with Gasteiger partial charge in [0.05, 0.1) is 36.1 Å². The number of rotatable bonds is 10. The van der Waals surface area contributed by atoms with Gasteiger partial charge in [0.1, 0.15) is 11.6 Å². The maximum atomic E-state index is 13.2. The van der Waals surface area contributed by atoms with Gasteiger partial charge < -0.3 is 10.1 Å². The van der Waals surface area contributed by atoms with Crippen LogP contribution < -0.4 is 10.1 Å². The van der Waals surface area contributed by atoms with E-state index in [0.717, 1.165) is 49.4 Å². The molecule has 1 amide bonds. The third-order valence-electron chi connectivity index (χ3n) is 6.36. The molecular weight excluding hydrogens is 479 g/mol. The molecule has 0 radical (unpaired) electrons. The van der Waals surface area contributed by atoms with Crippen LogP contribution in [0.4, 0.5) is 4.39 Å². The zero-order valence-electron chi connectivity index (χ0n) is 20.9. The number of para-hydroxylation sites is 1. The van der Waals surface area contributed by atoms with Crippen LogP contribution in [0.3, 0.4) is 0 Å². The number of nitrogens with zero attached hydrogens (tertiary/aromatic N) is 3. The first-order valence-electron chi connectivity index (χ1n) is 12.6. The van der Waals surface area contributed by atoms with Crippen molar-refractivity contribution < 1.29 is 13.9 Å². The van der Waals surface area contributed by atoms with Crippen molar-refractivity contribution in [2.24, 2.45) is 11.8 Å². The lowest BCUT2D eigenvalue weighted by atomic mass is 9.98. The van der Waals surface area contributed by atoms with Gasteiger partial charge in [0.2, 0.25) is 5.91 Å². The van der Waals surface area contributed by atoms with E-state index in [9.17, 15) is 9.18 Å². The summed E-state index contributed by atoms with van der Waals surface area (Å²) in [5, 5.41) is 8.08. The topological polar surface area (TPSA) is 59.4 Å². The molecule has 0 bridgehead atoms. The van der Waals surface area contributed by atoms with Crippen LogP contribution in [-0.4, -0.2) is 46.8 Å². The zero-order valence-corrected chi connectivity index (χ0v) is 21.7. The summed E-state index contributed by atoms with van der Waals surface area (Å²) in [5.74, 6) is 1.02. The predicted molar refractivity (Wildman–Crippen MR) is 140 cm³/mol. The van der Waals surface area contributed by atoms with Crippen molar-refractivity contribution in [1.29, 1.82) is 0 Å². The minimum atomic E-state index is -0.375. The molecule has 192 valence electrons. The van der Waals surface area contributed by atoms with E-state index in [0.29, 0.717) is 37.3 Å². The summed E-state index contributed by atoms with van der Waals surface area (Å²) in [6.45, 7) is 7.36. The van der Waals surface area contributed by atoms with Gasteiger partial charge in [0.15, 0.2) is 0 Å². The van der Waals surface area contributed by atoms with Crippen LogP contribution in [0.1, 0.15) is 38.1 Å². The highest BCUT2D eigenvalue weighted by Crippen LogP contribution is 2.27. The third-order valence-corrected chi connectivity index (χ3v) is 6.66. The number of amides is 1. The molecule has 0 unspecified atom stereocenters. The largest absolute Gasteiger partial charge is 0.492 e. The van der Waals surface area contributed by atoms with Gasteiger partial charge in [-0.25, -0.2) is 9.07 Å². The van der Waals surface area contributed by atoms with Gasteiger partial charge in [-0.15, -0.1) is 0 Å². The van der Waals surface area contributed by atoms with Crippen molar-refractivity contribution in [2.45, 2.75) is 39.7 Å². The molecule has 1 aromatic heterocycles. The average Bonchev–Trinajstić information content (AvgIpc) is 3.25. The maximum absolute atomic E-state index is 13.2. The van der Waals surface area contributed by atoms with Gasteiger partial charge in [-0.2, -0.15) is 5.10 Å². The predicted octanol–water partition coefficient (Wildman–Crippen LogP) is 5.27. The van der Waals surface area contributed by atoms with E-state index >= 15 is 0 Å². The zero-order chi connectivity index (χ0) is 25.5. The van der Waals surface area contributed by atoms with Gasteiger partial charge in [-0.3, -0.25) is 9.69 Å². The molecule has 2 aromatic carbocycles. The SMILES string of the molecule is CC(C)Cc1cc(CNC(=O)CN2CCC(COc3ccc(F)cc3Cl)CC2)nn1-c1ccccc1. The standard InChI is InChI=1S/C28H34ClFN4O2/c1-20(2)14-25-16-23(32-34(25)24-6-4-3-5-7-24)17-31-28(35)18-33-12-10-21(11-13-33)19-36-27-9-8-22(30)15-26(27)29/h3-9,15-16,20-21H,10-14,17-19H2,1-2H3,(H,31,35). The van der Waals surface area contributed by atoms with Crippen molar-refractivity contribution in [3.05, 3.63) is 76.8 Å². The molecule has 0 aliphatic carbocycles. The first kappa shape index (κ1) is 26.2. The molecule has 0 saturated carbocycles. The number of likely N-dealkylation sites (tertiary alicyclic amines) is 1. The Hall–Kier alpha value is -2.90. The first-order valence-corrected chi connectivity index (χ1v) is 13.0. The lowest BCUT2D eigenvalue weighted by molar-refractivity contribution is -0.122. The Bertz CT molecular complexity index is 1140. The van der Waals surface area contributed by atoms with E-state index in [4.69, 9.17) is 21.4 Å². The van der Waals surface area contributed by atoms with Crippen LogP contribution in [0, 0.1) is 17.7 Å². The number of piperidine rings is 1. The fourth-order valence-electron chi connectivity index (χ4n) is 4.48. The summed E-state index contributed by atoms with van der Waals surface area (Å²) >= 11 is 6.04. The van der Waals surface area contributed by atoms with Crippen LogP contribution in [-0.2, 0) is 17.8 Å². The number of carbonyl (C=O) groups is 1. The van der Waals surface area contributed by atoms with E-state index in [1.807, 2.05) is 35.0 Å². The molecule has 4 rings (SSSR count). The Labute approximate surface area is 217 Å². The highest BCUT2D eigenvalue weighted by molar-refractivity contribution is 6.32. The molecule has 1 fully saturated rings. The summed E-state index contributed by atoms with van der Waals surface area (Å²) in [4.78, 5) is 14.8. The van der Waals surface area contributed by atoms with Crippen molar-refractivity contribution in [3.8, 4) is 11.4 Å². The van der Waals surface area contributed by atoms with E-state index in [1.165, 1.54) is 12.1 Å². The molecule has 1 aliphatic heterocycles. The Morgan fingerprint density at radius 3 is 2.61 bits per heavy atom. The van der Waals surface area contributed by atoms with Gasteiger partial charge >= 0.3 is 0 Å². The molecule has 8 heteroatoms. The second-order valence-corrected chi connectivity index (χ2v) is 10.3. The highest BCUT2D eigenvalue weighted by atomic mass is 35.5. The summed E-state index contributed by atoms with van der Waals surface area (Å²) in [7, 11) is 0. The smallest absolute Gasteiger partial charge is 0.234 e. The number of benzene rings is 2. The minimum absolute atomic E-state index is 0.00228. The van der Waals surface area contributed by atoms with Crippen molar-refractivity contribution in [1.82, 2.24) is 20.0 Å². The van der Waals surface area contributed by atoms with E-state index in [1.54, 1.807) is 6.07 Å². The molecule has 3 aromatic rings. The summed E-state index contributed by atoms with van der Waals surface area (Å²) in [5.41, 5.74) is 3.03. The molecule has 0 atom stereocenters. The normalized spacial score (nSPS) is 14.8. The number of carbonyl (C=O) groups excluding carboxylic acids is 1. The molecular formula is C28H34ClFN4O2. The number of nitrogens with one attached hydrogen (secondary N) is 1. The lowest BCUT2D eigenvalue weighted by Gasteiger charge is -2.31. The van der Waals surface area contributed by atoms with Gasteiger partial charge in [-0.1, -0.05) is 43.6 Å². The quantitative estimate of drug-likeness (QED) is 0.402. The lowest BCUT2D eigenvalue weighted by Crippen LogP contribution is -2.42. The molecule has 1 N–H and O–H groups in total. The number of aromatic nitrogens is 2. The highest BCUT2D eigenvalue weighted by Gasteiger charge is 2.22. The van der Waals surface area contributed by atoms with Crippen molar-refractivity contribution in [2.75, 3.05) is 26.2 Å². The van der Waals surface area contributed by atoms with Crippen LogP contribution in [0.25, 0.3) is 5.69 Å². The molecule has 6 nitrogen and oxygen atoms in total. The Kier molecular flexibility index (Phi) is 8.99. The van der Waals surface area contributed by atoms with Gasteiger partial charge in [0, 0.05) is 5.69 Å². The fraction of sp³-hybridized carbons (Fsp3) is 0.429. The Morgan fingerprint density at radius 2 is 1.92 bits per heavy atom. The average molecular weight is 513 g/mol. The van der Waals surface area contributed by atoms with Crippen molar-refractivity contribution in [3.63, 3.8) is 0 Å². The van der Waals surface area contributed by atoms with Crippen LogP contribution in [0.15, 0.2) is 54.6 Å². The van der Waals surface area contributed by atoms with Crippen LogP contribution in [0.5, 0.6) is 5.75 Å². The number of ether oxygens (including phenoxy) is 1. The number of hydrogen-bond acceptors (Lipinski definition) is 4. The number of hydrogen-bond donors (Lipinski definition) is 1. The van der Waals surface area contributed by atoms with Gasteiger partial charge in [0.25, 0.3) is 0 Å². The van der Waals surface area contributed by atoms with Gasteiger partial charge in [-0.05, 0) is 80.6 Å². The summed E-state index contributed by atoms with van der Waals surface area (Å²) in [6.07, 6.45) is 2.79. The van der Waals surface area contributed by atoms with E-state index in [2.05, 4.69) is 30.1 Å². The summed E-state index contributed by atoms with van der Waals surface area (Å²) in [6, 6.07) is 16.3. The molecule has 0 spiro atoms. The number of halogens is 2. The van der Waals surface area contributed by atoms with Crippen LogP contribution >= 0.6 is 11.6 Å². The first-order chi connectivity index (χ1) is 17.4. The minimum Gasteiger partial charge on any atom is -0.492 e.